The minimum Gasteiger partial charge on any atom is -0.452 e. The molecule has 2 heterocycles. The fourth-order valence-corrected chi connectivity index (χ4v) is 11.2. The highest BCUT2D eigenvalue weighted by Crippen LogP contribution is 2.52. The summed E-state index contributed by atoms with van der Waals surface area (Å²) in [6, 6.07) is 73.0. The predicted octanol–water partition coefficient (Wildman–Crippen LogP) is 20.2. The lowest BCUT2D eigenvalue weighted by atomic mass is 9.87. The summed E-state index contributed by atoms with van der Waals surface area (Å²) >= 11 is 0. The molecule has 0 atom stereocenters. The number of aryl methyl sites for hydroxylation is 5. The van der Waals surface area contributed by atoms with Crippen LogP contribution in [0.15, 0.2) is 209 Å². The summed E-state index contributed by atoms with van der Waals surface area (Å²) in [6.45, 7) is 15.4. The van der Waals surface area contributed by atoms with Crippen molar-refractivity contribution >= 4 is 99.5 Å². The van der Waals surface area contributed by atoms with Crippen LogP contribution in [0.3, 0.4) is 0 Å². The molecule has 0 aliphatic heterocycles. The lowest BCUT2D eigenvalue weighted by molar-refractivity contribution is 0.634. The van der Waals surface area contributed by atoms with E-state index in [2.05, 4.69) is 258 Å². The molecule has 11 aromatic carbocycles. The molecule has 0 amide bonds. The van der Waals surface area contributed by atoms with Crippen molar-refractivity contribution in [2.45, 2.75) is 48.5 Å². The number of nitrogens with zero attached hydrogens (tertiary/aromatic N) is 2. The van der Waals surface area contributed by atoms with Crippen LogP contribution in [-0.4, -0.2) is 0 Å². The quantitative estimate of drug-likeness (QED) is 0.152. The summed E-state index contributed by atoms with van der Waals surface area (Å²) in [4.78, 5) is 4.73. The van der Waals surface area contributed by atoms with Crippen LogP contribution < -0.4 is 9.80 Å². The Bertz CT molecular complexity index is 4270. The zero-order valence-corrected chi connectivity index (χ0v) is 42.3. The van der Waals surface area contributed by atoms with Gasteiger partial charge in [-0.2, -0.15) is 0 Å². The van der Waals surface area contributed by atoms with Gasteiger partial charge in [-0.3, -0.25) is 0 Å². The van der Waals surface area contributed by atoms with Gasteiger partial charge in [0.25, 0.3) is 0 Å². The molecule has 0 spiro atoms. The van der Waals surface area contributed by atoms with Gasteiger partial charge in [-0.1, -0.05) is 109 Å². The first-order valence-corrected chi connectivity index (χ1v) is 25.3. The fourth-order valence-electron chi connectivity index (χ4n) is 11.2. The molecule has 13 rings (SSSR count). The van der Waals surface area contributed by atoms with Gasteiger partial charge < -0.3 is 18.6 Å². The second kappa shape index (κ2) is 17.2. The van der Waals surface area contributed by atoms with Gasteiger partial charge in [0.15, 0.2) is 11.2 Å². The lowest BCUT2D eigenvalue weighted by Crippen LogP contribution is -2.11. The van der Waals surface area contributed by atoms with Gasteiger partial charge in [-0.05, 0) is 212 Å². The Labute approximate surface area is 426 Å². The number of hydrogen-bond donors (Lipinski definition) is 0. The summed E-state index contributed by atoms with van der Waals surface area (Å²) < 4.78 is 14.5. The van der Waals surface area contributed by atoms with E-state index in [4.69, 9.17) is 8.83 Å². The van der Waals surface area contributed by atoms with Crippen molar-refractivity contribution in [2.75, 3.05) is 9.80 Å². The maximum Gasteiger partial charge on any atom is 0.179 e. The number of hydrogen-bond acceptors (Lipinski definition) is 4. The molecule has 0 unspecified atom stereocenters. The Morgan fingerprint density at radius 2 is 0.671 bits per heavy atom. The highest BCUT2D eigenvalue weighted by molar-refractivity contribution is 6.31. The van der Waals surface area contributed by atoms with E-state index in [9.17, 15) is 0 Å². The molecule has 0 aliphatic carbocycles. The van der Waals surface area contributed by atoms with Gasteiger partial charge in [-0.15, -0.1) is 0 Å². The smallest absolute Gasteiger partial charge is 0.179 e. The van der Waals surface area contributed by atoms with Crippen molar-refractivity contribution in [3.63, 3.8) is 0 Å². The van der Waals surface area contributed by atoms with Crippen LogP contribution in [0.1, 0.15) is 38.9 Å². The number of benzene rings is 11. The monoisotopic (exact) mass is 942 g/mol. The summed E-state index contributed by atoms with van der Waals surface area (Å²) in [6.07, 6.45) is 0. The van der Waals surface area contributed by atoms with Crippen molar-refractivity contribution in [3.8, 4) is 22.3 Å². The fraction of sp³-hybridized carbons (Fsp3) is 0.101. The van der Waals surface area contributed by atoms with E-state index < -0.39 is 0 Å². The standard InChI is InChI=1S/C69H54N2O2/c1-41-23-27-55(28-24-41)71(59-33-44(4)47(7)45(5)34-59)57-30-26-51-38-61-63(40-53(51)36-57)73-69-67(61)65(49-19-13-9-14-20-49)64(48-17-11-8-12-18-48)66-60-37-50-25-29-56(35-52(50)39-62(60)72-68(66)69)70(54-21-15-10-16-22-54)58-31-42(2)46(6)43(3)32-58/h8-40H,1-7H3. The van der Waals surface area contributed by atoms with E-state index in [0.29, 0.717) is 0 Å². The molecule has 0 bridgehead atoms. The summed E-state index contributed by atoms with van der Waals surface area (Å²) in [5.74, 6) is 0. The second-order valence-electron chi connectivity index (χ2n) is 20.1. The highest BCUT2D eigenvalue weighted by Gasteiger charge is 2.28. The minimum absolute atomic E-state index is 0.743. The van der Waals surface area contributed by atoms with E-state index in [1.54, 1.807) is 0 Å². The third kappa shape index (κ3) is 7.35. The van der Waals surface area contributed by atoms with E-state index >= 15 is 0 Å². The third-order valence-electron chi connectivity index (χ3n) is 15.5. The first-order valence-electron chi connectivity index (χ1n) is 25.3. The Kier molecular flexibility index (Phi) is 10.4. The van der Waals surface area contributed by atoms with Crippen LogP contribution in [0.2, 0.25) is 0 Å². The van der Waals surface area contributed by atoms with Crippen LogP contribution in [0.5, 0.6) is 0 Å². The zero-order chi connectivity index (χ0) is 49.6. The number of fused-ring (bicyclic) bond motifs is 9. The average Bonchev–Trinajstić information content (AvgIpc) is 3.97. The molecule has 0 saturated carbocycles. The van der Waals surface area contributed by atoms with Crippen molar-refractivity contribution in [2.24, 2.45) is 0 Å². The van der Waals surface area contributed by atoms with Gasteiger partial charge in [-0.25, -0.2) is 0 Å². The number of anilines is 6. The van der Waals surface area contributed by atoms with Crippen LogP contribution in [0.25, 0.3) is 87.7 Å². The predicted molar refractivity (Wildman–Crippen MR) is 309 cm³/mol. The molecule has 73 heavy (non-hydrogen) atoms. The molecule has 0 saturated heterocycles. The highest BCUT2D eigenvalue weighted by atomic mass is 16.4. The Morgan fingerprint density at radius 1 is 0.301 bits per heavy atom. The lowest BCUT2D eigenvalue weighted by Gasteiger charge is -2.27. The first-order chi connectivity index (χ1) is 35.6. The summed E-state index contributed by atoms with van der Waals surface area (Å²) in [7, 11) is 0. The molecule has 0 aliphatic rings. The van der Waals surface area contributed by atoms with E-state index in [-0.39, 0.29) is 0 Å². The number of furan rings is 2. The normalized spacial score (nSPS) is 11.8. The topological polar surface area (TPSA) is 32.8 Å². The summed E-state index contributed by atoms with van der Waals surface area (Å²) in [5.41, 5.74) is 23.2. The molecule has 352 valence electrons. The van der Waals surface area contributed by atoms with E-state index in [0.717, 1.165) is 122 Å². The van der Waals surface area contributed by atoms with Gasteiger partial charge in [0.1, 0.15) is 11.2 Å². The molecule has 4 nitrogen and oxygen atoms in total. The molecular formula is C69H54N2O2. The van der Waals surface area contributed by atoms with Crippen molar-refractivity contribution in [3.05, 3.63) is 239 Å². The maximum absolute atomic E-state index is 7.24. The SMILES string of the molecule is Cc1ccc(N(c2cc(C)c(C)c(C)c2)c2ccc3cc4c(cc3c2)oc2c3oc5cc6cc(N(c7ccccc7)c7cc(C)c(C)c(C)c7)ccc6cc5c3c(-c3ccccc3)c(-c3ccccc3)c42)cc1. The maximum atomic E-state index is 7.24. The van der Waals surface area contributed by atoms with Gasteiger partial charge in [0.2, 0.25) is 0 Å². The number of rotatable bonds is 8. The number of para-hydroxylation sites is 1. The van der Waals surface area contributed by atoms with Gasteiger partial charge in [0.05, 0.1) is 0 Å². The molecule has 2 aromatic heterocycles. The Hall–Kier alpha value is -8.86. The van der Waals surface area contributed by atoms with Crippen LogP contribution in [-0.2, 0) is 0 Å². The van der Waals surface area contributed by atoms with Crippen LogP contribution in [0.4, 0.5) is 34.1 Å². The third-order valence-corrected chi connectivity index (χ3v) is 15.5. The minimum atomic E-state index is 0.743. The van der Waals surface area contributed by atoms with E-state index in [1.165, 1.54) is 38.9 Å². The molecule has 13 aromatic rings. The molecule has 0 radical (unpaired) electrons. The Morgan fingerprint density at radius 3 is 1.08 bits per heavy atom. The second-order valence-corrected chi connectivity index (χ2v) is 20.1. The van der Waals surface area contributed by atoms with Gasteiger partial charge >= 0.3 is 0 Å². The van der Waals surface area contributed by atoms with Gasteiger partial charge in [0, 0.05) is 66.8 Å². The zero-order valence-electron chi connectivity index (χ0n) is 42.3. The molecule has 4 heteroatoms. The van der Waals surface area contributed by atoms with Crippen LogP contribution in [0, 0.1) is 48.5 Å². The largest absolute Gasteiger partial charge is 0.452 e. The molecule has 0 N–H and O–H groups in total. The molecule has 0 fully saturated rings. The van der Waals surface area contributed by atoms with Crippen molar-refractivity contribution in [1.29, 1.82) is 0 Å². The Balaban J connectivity index is 1.06. The van der Waals surface area contributed by atoms with Crippen molar-refractivity contribution in [1.82, 2.24) is 0 Å². The summed E-state index contributed by atoms with van der Waals surface area (Å²) in [5, 5.41) is 8.62. The first kappa shape index (κ1) is 44.1. The van der Waals surface area contributed by atoms with Crippen molar-refractivity contribution < 1.29 is 8.83 Å². The van der Waals surface area contributed by atoms with Crippen LogP contribution >= 0.6 is 0 Å². The van der Waals surface area contributed by atoms with E-state index in [1.807, 2.05) is 0 Å². The molecular weight excluding hydrogens is 889 g/mol. The average molecular weight is 943 g/mol.